The van der Waals surface area contributed by atoms with E-state index in [1.165, 1.54) is 0 Å². The van der Waals surface area contributed by atoms with Gasteiger partial charge in [0, 0.05) is 18.3 Å². The second-order valence-electron chi connectivity index (χ2n) is 4.19. The summed E-state index contributed by atoms with van der Waals surface area (Å²) in [4.78, 5) is 11.5. The molecule has 0 atom stereocenters. The second kappa shape index (κ2) is 5.96. The summed E-state index contributed by atoms with van der Waals surface area (Å²) < 4.78 is 7.03. The number of carbonyl (C=O) groups excluding carboxylic acids is 1. The fraction of sp³-hybridized carbons (Fsp3) is 0.286. The first-order chi connectivity index (χ1) is 9.56. The fourth-order valence-corrected chi connectivity index (χ4v) is 2.17. The molecule has 20 heavy (non-hydrogen) atoms. The number of aryl methyl sites for hydroxylation is 1. The van der Waals surface area contributed by atoms with Crippen LogP contribution in [0.5, 0.6) is 5.75 Å². The maximum Gasteiger partial charge on any atom is 0.252 e. The van der Waals surface area contributed by atoms with Gasteiger partial charge in [-0.15, -0.1) is 0 Å². The molecule has 0 saturated heterocycles. The van der Waals surface area contributed by atoms with Crippen LogP contribution in [0.1, 0.15) is 24.2 Å². The highest BCUT2D eigenvalue weighted by Gasteiger charge is 2.17. The van der Waals surface area contributed by atoms with Gasteiger partial charge in [0.2, 0.25) is 0 Å². The summed E-state index contributed by atoms with van der Waals surface area (Å²) in [5.74, 6) is 0.154. The average Bonchev–Trinajstić information content (AvgIpc) is 2.83. The summed E-state index contributed by atoms with van der Waals surface area (Å²) >= 11 is 6.25. The average molecular weight is 294 g/mol. The van der Waals surface area contributed by atoms with Crippen LogP contribution in [0.4, 0.5) is 0 Å². The van der Waals surface area contributed by atoms with Crippen molar-refractivity contribution in [1.82, 2.24) is 9.78 Å². The van der Waals surface area contributed by atoms with Crippen LogP contribution in [0.3, 0.4) is 0 Å². The summed E-state index contributed by atoms with van der Waals surface area (Å²) in [6.07, 6.45) is 1.63. The number of hydrogen-bond donors (Lipinski definition) is 1. The third-order valence-corrected chi connectivity index (χ3v) is 3.17. The lowest BCUT2D eigenvalue weighted by molar-refractivity contribution is 0.100. The molecule has 1 heterocycles. The van der Waals surface area contributed by atoms with Crippen molar-refractivity contribution < 1.29 is 9.53 Å². The van der Waals surface area contributed by atoms with Gasteiger partial charge in [-0.3, -0.25) is 9.48 Å². The lowest BCUT2D eigenvalue weighted by atomic mass is 10.1. The Balaban J connectivity index is 2.50. The first kappa shape index (κ1) is 14.4. The van der Waals surface area contributed by atoms with E-state index in [4.69, 9.17) is 22.1 Å². The first-order valence-corrected chi connectivity index (χ1v) is 6.74. The van der Waals surface area contributed by atoms with Crippen LogP contribution < -0.4 is 10.5 Å². The minimum absolute atomic E-state index is 0.359. The van der Waals surface area contributed by atoms with Crippen LogP contribution in [0, 0.1) is 0 Å². The Morgan fingerprint density at radius 2 is 2.20 bits per heavy atom. The van der Waals surface area contributed by atoms with E-state index in [0.717, 1.165) is 0 Å². The standard InChI is InChI=1S/C14H16ClN3O2/c1-3-18-8-11(14(16)19)13(17-18)10-6-5-9(20-4-2)7-12(10)15/h5-8H,3-4H2,1-2H3,(H2,16,19). The number of amides is 1. The van der Waals surface area contributed by atoms with E-state index >= 15 is 0 Å². The van der Waals surface area contributed by atoms with Crippen molar-refractivity contribution in [2.75, 3.05) is 6.61 Å². The Hall–Kier alpha value is -2.01. The van der Waals surface area contributed by atoms with Gasteiger partial charge in [0.25, 0.3) is 5.91 Å². The lowest BCUT2D eigenvalue weighted by Crippen LogP contribution is -2.11. The van der Waals surface area contributed by atoms with Crippen LogP contribution in [-0.2, 0) is 6.54 Å². The highest BCUT2D eigenvalue weighted by Crippen LogP contribution is 2.32. The Bertz CT molecular complexity index is 637. The zero-order valence-electron chi connectivity index (χ0n) is 11.4. The molecule has 0 radical (unpaired) electrons. The summed E-state index contributed by atoms with van der Waals surface area (Å²) in [6.45, 7) is 5.04. The van der Waals surface area contributed by atoms with Gasteiger partial charge in [0.15, 0.2) is 0 Å². The van der Waals surface area contributed by atoms with Crippen LogP contribution in [0.25, 0.3) is 11.3 Å². The van der Waals surface area contributed by atoms with Gasteiger partial charge in [-0.1, -0.05) is 11.6 Å². The topological polar surface area (TPSA) is 70.1 Å². The highest BCUT2D eigenvalue weighted by atomic mass is 35.5. The minimum atomic E-state index is -0.523. The molecule has 1 aromatic heterocycles. The predicted molar refractivity (Wildman–Crippen MR) is 78.0 cm³/mol. The van der Waals surface area contributed by atoms with Crippen molar-refractivity contribution in [3.8, 4) is 17.0 Å². The lowest BCUT2D eigenvalue weighted by Gasteiger charge is -2.07. The van der Waals surface area contributed by atoms with Gasteiger partial charge < -0.3 is 10.5 Å². The monoisotopic (exact) mass is 293 g/mol. The number of nitrogens with two attached hydrogens (primary N) is 1. The predicted octanol–water partition coefficient (Wildman–Crippen LogP) is 2.72. The summed E-state index contributed by atoms with van der Waals surface area (Å²) in [7, 11) is 0. The van der Waals surface area contributed by atoms with E-state index in [9.17, 15) is 4.79 Å². The van der Waals surface area contributed by atoms with Gasteiger partial charge in [-0.2, -0.15) is 5.10 Å². The molecular formula is C14H16ClN3O2. The molecule has 6 heteroatoms. The van der Waals surface area contributed by atoms with Crippen LogP contribution in [-0.4, -0.2) is 22.3 Å². The van der Waals surface area contributed by atoms with E-state index in [-0.39, 0.29) is 0 Å². The van der Waals surface area contributed by atoms with Gasteiger partial charge in [0.1, 0.15) is 11.4 Å². The molecule has 2 rings (SSSR count). The molecule has 1 aromatic carbocycles. The molecule has 5 nitrogen and oxygen atoms in total. The van der Waals surface area contributed by atoms with Gasteiger partial charge in [0.05, 0.1) is 17.2 Å². The Morgan fingerprint density at radius 3 is 2.75 bits per heavy atom. The summed E-state index contributed by atoms with van der Waals surface area (Å²) in [5, 5.41) is 4.82. The number of ether oxygens (including phenoxy) is 1. The number of nitrogens with zero attached hydrogens (tertiary/aromatic N) is 2. The maximum atomic E-state index is 11.5. The van der Waals surface area contributed by atoms with E-state index in [0.29, 0.717) is 40.7 Å². The molecule has 0 aliphatic carbocycles. The van der Waals surface area contributed by atoms with Gasteiger partial charge in [-0.25, -0.2) is 0 Å². The van der Waals surface area contributed by atoms with Crippen molar-refractivity contribution >= 4 is 17.5 Å². The largest absolute Gasteiger partial charge is 0.494 e. The minimum Gasteiger partial charge on any atom is -0.494 e. The van der Waals surface area contributed by atoms with E-state index in [1.54, 1.807) is 29.1 Å². The van der Waals surface area contributed by atoms with Gasteiger partial charge >= 0.3 is 0 Å². The van der Waals surface area contributed by atoms with Crippen molar-refractivity contribution in [3.05, 3.63) is 35.0 Å². The second-order valence-corrected chi connectivity index (χ2v) is 4.59. The number of halogens is 1. The quantitative estimate of drug-likeness (QED) is 0.921. The van der Waals surface area contributed by atoms with Crippen molar-refractivity contribution in [3.63, 3.8) is 0 Å². The number of rotatable bonds is 5. The molecule has 0 fully saturated rings. The molecule has 0 saturated carbocycles. The molecule has 0 aliphatic heterocycles. The number of hydrogen-bond acceptors (Lipinski definition) is 3. The Morgan fingerprint density at radius 1 is 1.45 bits per heavy atom. The molecule has 2 aromatic rings. The van der Waals surface area contributed by atoms with Crippen LogP contribution in [0.15, 0.2) is 24.4 Å². The molecule has 106 valence electrons. The maximum absolute atomic E-state index is 11.5. The zero-order chi connectivity index (χ0) is 14.7. The third kappa shape index (κ3) is 2.77. The Labute approximate surface area is 122 Å². The molecule has 0 bridgehead atoms. The van der Waals surface area contributed by atoms with Crippen molar-refractivity contribution in [2.45, 2.75) is 20.4 Å². The van der Waals surface area contributed by atoms with Crippen LogP contribution in [0.2, 0.25) is 5.02 Å². The highest BCUT2D eigenvalue weighted by molar-refractivity contribution is 6.33. The van der Waals surface area contributed by atoms with E-state index < -0.39 is 5.91 Å². The summed E-state index contributed by atoms with van der Waals surface area (Å²) in [6, 6.07) is 5.28. The molecule has 0 spiro atoms. The zero-order valence-corrected chi connectivity index (χ0v) is 12.1. The molecule has 0 aliphatic rings. The SMILES string of the molecule is CCOc1ccc(-c2nn(CC)cc2C(N)=O)c(Cl)c1. The summed E-state index contributed by atoms with van der Waals surface area (Å²) in [5.41, 5.74) is 6.90. The molecule has 1 amide bonds. The smallest absolute Gasteiger partial charge is 0.252 e. The number of primary amides is 1. The van der Waals surface area contributed by atoms with Gasteiger partial charge in [-0.05, 0) is 32.0 Å². The van der Waals surface area contributed by atoms with Crippen molar-refractivity contribution in [2.24, 2.45) is 5.73 Å². The fourth-order valence-electron chi connectivity index (χ4n) is 1.91. The molecular weight excluding hydrogens is 278 g/mol. The Kier molecular flexibility index (Phi) is 4.29. The van der Waals surface area contributed by atoms with Crippen LogP contribution >= 0.6 is 11.6 Å². The van der Waals surface area contributed by atoms with Crippen molar-refractivity contribution in [1.29, 1.82) is 0 Å². The third-order valence-electron chi connectivity index (χ3n) is 2.86. The number of carbonyl (C=O) groups is 1. The first-order valence-electron chi connectivity index (χ1n) is 6.36. The normalized spacial score (nSPS) is 10.6. The number of benzene rings is 1. The van der Waals surface area contributed by atoms with E-state index in [2.05, 4.69) is 5.10 Å². The molecule has 2 N–H and O–H groups in total. The molecule has 0 unspecified atom stereocenters. The van der Waals surface area contributed by atoms with E-state index in [1.807, 2.05) is 13.8 Å². The number of aromatic nitrogens is 2.